The number of hydrogen-bond donors (Lipinski definition) is 2. The maximum atomic E-state index is 6.04. The van der Waals surface area contributed by atoms with E-state index in [0.29, 0.717) is 18.4 Å². The van der Waals surface area contributed by atoms with Gasteiger partial charge < -0.3 is 15.5 Å². The van der Waals surface area contributed by atoms with E-state index in [1.807, 2.05) is 0 Å². The summed E-state index contributed by atoms with van der Waals surface area (Å²) in [5.74, 6) is 2.57. The van der Waals surface area contributed by atoms with Gasteiger partial charge in [-0.15, -0.1) is 0 Å². The molecule has 5 nitrogen and oxygen atoms in total. The Morgan fingerprint density at radius 1 is 1.30 bits per heavy atom. The van der Waals surface area contributed by atoms with E-state index >= 15 is 0 Å². The van der Waals surface area contributed by atoms with Crippen LogP contribution >= 0.6 is 0 Å². The monoisotopic (exact) mass is 310 g/mol. The molecule has 1 aromatic carbocycles. The van der Waals surface area contributed by atoms with Gasteiger partial charge in [-0.3, -0.25) is 0 Å². The van der Waals surface area contributed by atoms with E-state index < -0.39 is 0 Å². The first-order valence-electron chi connectivity index (χ1n) is 8.42. The van der Waals surface area contributed by atoms with Gasteiger partial charge in [-0.2, -0.15) is 0 Å². The van der Waals surface area contributed by atoms with E-state index in [9.17, 15) is 0 Å². The topological polar surface area (TPSA) is 76.4 Å². The molecule has 0 amide bonds. The van der Waals surface area contributed by atoms with Crippen molar-refractivity contribution in [3.8, 4) is 0 Å². The molecule has 0 atom stereocenters. The summed E-state index contributed by atoms with van der Waals surface area (Å²) >= 11 is 0. The van der Waals surface area contributed by atoms with Crippen LogP contribution in [-0.2, 0) is 19.4 Å². The van der Waals surface area contributed by atoms with Crippen LogP contribution in [0.5, 0.6) is 0 Å². The molecule has 23 heavy (non-hydrogen) atoms. The van der Waals surface area contributed by atoms with Crippen LogP contribution in [-0.4, -0.2) is 10.9 Å². The number of aromatic nitrogens is 1. The standard InChI is InChI=1S/C18H22N4O/c19-18(21-11-14-10-20-17(23-14)13-8-9-13)22-16-7-3-5-12-4-1-2-6-15(12)16/h3,5,7,10,13H,1-2,4,6,8-9,11H2,(H3,19,21,22). The Morgan fingerprint density at radius 2 is 2.17 bits per heavy atom. The fourth-order valence-electron chi connectivity index (χ4n) is 3.15. The molecular formula is C18H22N4O. The molecule has 2 aliphatic rings. The van der Waals surface area contributed by atoms with Crippen LogP contribution in [0.15, 0.2) is 33.8 Å². The minimum Gasteiger partial charge on any atom is -0.443 e. The molecule has 1 saturated carbocycles. The van der Waals surface area contributed by atoms with Gasteiger partial charge in [0.15, 0.2) is 11.9 Å². The van der Waals surface area contributed by atoms with Crippen molar-refractivity contribution in [1.82, 2.24) is 4.98 Å². The molecule has 0 unspecified atom stereocenters. The molecular weight excluding hydrogens is 288 g/mol. The summed E-state index contributed by atoms with van der Waals surface area (Å²) in [6.45, 7) is 0.424. The minimum absolute atomic E-state index is 0.424. The number of aliphatic imine (C=N–C) groups is 1. The molecule has 4 rings (SSSR count). The van der Waals surface area contributed by atoms with E-state index in [4.69, 9.17) is 10.2 Å². The predicted molar refractivity (Wildman–Crippen MR) is 90.5 cm³/mol. The molecule has 3 N–H and O–H groups in total. The molecule has 0 aliphatic heterocycles. The van der Waals surface area contributed by atoms with Gasteiger partial charge in [0, 0.05) is 11.6 Å². The highest BCUT2D eigenvalue weighted by molar-refractivity contribution is 5.93. The second-order valence-corrected chi connectivity index (χ2v) is 6.42. The van der Waals surface area contributed by atoms with Crippen molar-refractivity contribution in [2.24, 2.45) is 10.7 Å². The fourth-order valence-corrected chi connectivity index (χ4v) is 3.15. The molecule has 2 aliphatic carbocycles. The molecule has 0 radical (unpaired) electrons. The van der Waals surface area contributed by atoms with Crippen molar-refractivity contribution < 1.29 is 4.42 Å². The number of fused-ring (bicyclic) bond motifs is 1. The van der Waals surface area contributed by atoms with Crippen molar-refractivity contribution in [3.63, 3.8) is 0 Å². The van der Waals surface area contributed by atoms with Gasteiger partial charge >= 0.3 is 0 Å². The zero-order valence-electron chi connectivity index (χ0n) is 13.2. The van der Waals surface area contributed by atoms with Crippen LogP contribution in [0.3, 0.4) is 0 Å². The molecule has 0 bridgehead atoms. The third kappa shape index (κ3) is 3.23. The molecule has 120 valence electrons. The van der Waals surface area contributed by atoms with Gasteiger partial charge in [0.1, 0.15) is 12.3 Å². The van der Waals surface area contributed by atoms with E-state index in [0.717, 1.165) is 30.2 Å². The van der Waals surface area contributed by atoms with Crippen molar-refractivity contribution in [2.75, 3.05) is 5.32 Å². The SMILES string of the molecule is NC(=NCc1cnc(C2CC2)o1)Nc1cccc2c1CCCC2. The summed E-state index contributed by atoms with van der Waals surface area (Å²) in [4.78, 5) is 8.68. The quantitative estimate of drug-likeness (QED) is 0.670. The smallest absolute Gasteiger partial charge is 0.197 e. The van der Waals surface area contributed by atoms with Gasteiger partial charge in [-0.25, -0.2) is 9.98 Å². The second-order valence-electron chi connectivity index (χ2n) is 6.42. The largest absolute Gasteiger partial charge is 0.443 e. The van der Waals surface area contributed by atoms with E-state index in [-0.39, 0.29) is 0 Å². The third-order valence-corrected chi connectivity index (χ3v) is 4.56. The highest BCUT2D eigenvalue weighted by Crippen LogP contribution is 2.39. The fraction of sp³-hybridized carbons (Fsp3) is 0.444. The van der Waals surface area contributed by atoms with E-state index in [2.05, 4.69) is 33.5 Å². The average Bonchev–Trinajstić information content (AvgIpc) is 3.32. The Bertz CT molecular complexity index is 730. The molecule has 0 saturated heterocycles. The zero-order chi connectivity index (χ0) is 15.6. The number of oxazole rings is 1. The van der Waals surface area contributed by atoms with E-state index in [1.165, 1.54) is 36.8 Å². The minimum atomic E-state index is 0.424. The molecule has 1 fully saturated rings. The lowest BCUT2D eigenvalue weighted by atomic mass is 9.90. The highest BCUT2D eigenvalue weighted by atomic mass is 16.4. The molecule has 0 spiro atoms. The molecule has 1 heterocycles. The highest BCUT2D eigenvalue weighted by Gasteiger charge is 2.28. The molecule has 2 aromatic rings. The van der Waals surface area contributed by atoms with Crippen molar-refractivity contribution in [1.29, 1.82) is 0 Å². The zero-order valence-corrected chi connectivity index (χ0v) is 13.2. The number of benzene rings is 1. The van der Waals surface area contributed by atoms with Gasteiger partial charge in [0.2, 0.25) is 0 Å². The summed E-state index contributed by atoms with van der Waals surface area (Å²) in [6.07, 6.45) is 8.91. The number of nitrogens with two attached hydrogens (primary N) is 1. The summed E-state index contributed by atoms with van der Waals surface area (Å²) < 4.78 is 5.70. The van der Waals surface area contributed by atoms with Crippen molar-refractivity contribution in [2.45, 2.75) is 51.0 Å². The van der Waals surface area contributed by atoms with Crippen LogP contribution in [0.25, 0.3) is 0 Å². The van der Waals surface area contributed by atoms with E-state index in [1.54, 1.807) is 6.20 Å². The number of anilines is 1. The number of rotatable bonds is 4. The van der Waals surface area contributed by atoms with Crippen LogP contribution < -0.4 is 11.1 Å². The van der Waals surface area contributed by atoms with Gasteiger partial charge in [0.05, 0.1) is 6.20 Å². The first kappa shape index (κ1) is 14.3. The van der Waals surface area contributed by atoms with Crippen LogP contribution in [0, 0.1) is 0 Å². The van der Waals surface area contributed by atoms with Gasteiger partial charge in [0.25, 0.3) is 0 Å². The molecule has 5 heteroatoms. The maximum Gasteiger partial charge on any atom is 0.197 e. The summed E-state index contributed by atoms with van der Waals surface area (Å²) in [7, 11) is 0. The Hall–Kier alpha value is -2.30. The molecule has 1 aromatic heterocycles. The number of nitrogens with one attached hydrogen (secondary N) is 1. The number of aryl methyl sites for hydroxylation is 1. The lowest BCUT2D eigenvalue weighted by Gasteiger charge is -2.19. The second kappa shape index (κ2) is 6.07. The maximum absolute atomic E-state index is 6.04. The lowest BCUT2D eigenvalue weighted by molar-refractivity contribution is 0.458. The Balaban J connectivity index is 1.43. The third-order valence-electron chi connectivity index (χ3n) is 4.56. The summed E-state index contributed by atoms with van der Waals surface area (Å²) in [6, 6.07) is 6.37. The summed E-state index contributed by atoms with van der Waals surface area (Å²) in [5, 5.41) is 3.25. The Morgan fingerprint density at radius 3 is 3.04 bits per heavy atom. The van der Waals surface area contributed by atoms with Crippen LogP contribution in [0.1, 0.15) is 54.4 Å². The number of guanidine groups is 1. The number of hydrogen-bond acceptors (Lipinski definition) is 3. The lowest BCUT2D eigenvalue weighted by Crippen LogP contribution is -2.24. The van der Waals surface area contributed by atoms with Crippen LogP contribution in [0.4, 0.5) is 5.69 Å². The number of nitrogens with zero attached hydrogens (tertiary/aromatic N) is 2. The summed E-state index contributed by atoms with van der Waals surface area (Å²) in [5.41, 5.74) is 9.94. The first-order chi connectivity index (χ1) is 11.3. The first-order valence-corrected chi connectivity index (χ1v) is 8.42. The average molecular weight is 310 g/mol. The van der Waals surface area contributed by atoms with Crippen molar-refractivity contribution >= 4 is 11.6 Å². The Kier molecular flexibility index (Phi) is 3.77. The normalized spacial score (nSPS) is 17.8. The van der Waals surface area contributed by atoms with Gasteiger partial charge in [-0.05, 0) is 55.7 Å². The van der Waals surface area contributed by atoms with Crippen LogP contribution in [0.2, 0.25) is 0 Å². The van der Waals surface area contributed by atoms with Gasteiger partial charge in [-0.1, -0.05) is 12.1 Å². The predicted octanol–water partition coefficient (Wildman–Crippen LogP) is 3.36. The Labute approximate surface area is 136 Å². The van der Waals surface area contributed by atoms with Crippen molar-refractivity contribution in [3.05, 3.63) is 47.2 Å².